The second-order valence-electron chi connectivity index (χ2n) is 5.47. The number of aliphatic carboxylic acids is 1. The van der Waals surface area contributed by atoms with Crippen LogP contribution in [-0.4, -0.2) is 76.2 Å². The van der Waals surface area contributed by atoms with E-state index in [9.17, 15) is 19.5 Å². The molecule has 2 heterocycles. The second-order valence-corrected chi connectivity index (χ2v) is 5.47. The van der Waals surface area contributed by atoms with Crippen molar-refractivity contribution in [3.05, 3.63) is 0 Å². The van der Waals surface area contributed by atoms with E-state index in [4.69, 9.17) is 5.11 Å². The zero-order chi connectivity index (χ0) is 15.4. The highest BCUT2D eigenvalue weighted by Gasteiger charge is 2.38. The minimum atomic E-state index is -1.13. The van der Waals surface area contributed by atoms with Crippen LogP contribution < -0.4 is 5.32 Å². The minimum absolute atomic E-state index is 0.00285. The monoisotopic (exact) mass is 299 g/mol. The lowest BCUT2D eigenvalue weighted by atomic mass is 10.2. The molecule has 2 fully saturated rings. The highest BCUT2D eigenvalue weighted by Crippen LogP contribution is 2.18. The van der Waals surface area contributed by atoms with Gasteiger partial charge in [-0.15, -0.1) is 0 Å². The van der Waals surface area contributed by atoms with Crippen molar-refractivity contribution < 1.29 is 24.6 Å². The number of likely N-dealkylation sites (tertiary alicyclic amines) is 2. The molecule has 3 N–H and O–H groups in total. The molecule has 0 aliphatic carbocycles. The lowest BCUT2D eigenvalue weighted by Crippen LogP contribution is -2.47. The molecule has 118 valence electrons. The molecule has 0 spiro atoms. The molecule has 3 amide bonds. The molecule has 2 rings (SSSR count). The number of hydrogen-bond donors (Lipinski definition) is 3. The predicted octanol–water partition coefficient (Wildman–Crippen LogP) is -0.772. The zero-order valence-electron chi connectivity index (χ0n) is 11.8. The van der Waals surface area contributed by atoms with E-state index in [-0.39, 0.29) is 31.8 Å². The van der Waals surface area contributed by atoms with Crippen LogP contribution in [-0.2, 0) is 9.59 Å². The van der Waals surface area contributed by atoms with Gasteiger partial charge in [0.25, 0.3) is 0 Å². The van der Waals surface area contributed by atoms with Crippen molar-refractivity contribution in [2.75, 3.05) is 26.2 Å². The summed E-state index contributed by atoms with van der Waals surface area (Å²) in [6.07, 6.45) is 1.46. The number of aliphatic hydroxyl groups is 1. The van der Waals surface area contributed by atoms with Gasteiger partial charge >= 0.3 is 12.0 Å². The molecule has 21 heavy (non-hydrogen) atoms. The Kier molecular flexibility index (Phi) is 5.00. The van der Waals surface area contributed by atoms with Crippen LogP contribution >= 0.6 is 0 Å². The first-order chi connectivity index (χ1) is 9.99. The third-order valence-electron chi connectivity index (χ3n) is 3.90. The SMILES string of the molecule is O=C(O)[C@H]1C[C@@H](O)CN1C(=O)NCCC(=O)N1CCCC1. The summed E-state index contributed by atoms with van der Waals surface area (Å²) in [5.41, 5.74) is 0. The number of hydrogen-bond acceptors (Lipinski definition) is 4. The fraction of sp³-hybridized carbons (Fsp3) is 0.769. The molecule has 8 heteroatoms. The summed E-state index contributed by atoms with van der Waals surface area (Å²) in [5.74, 6) is -1.13. The summed E-state index contributed by atoms with van der Waals surface area (Å²) < 4.78 is 0. The zero-order valence-corrected chi connectivity index (χ0v) is 11.8. The average molecular weight is 299 g/mol. The van der Waals surface area contributed by atoms with Crippen LogP contribution in [0.5, 0.6) is 0 Å². The molecule has 0 radical (unpaired) electrons. The Bertz CT molecular complexity index is 422. The number of carboxylic acid groups (broad SMARTS) is 1. The third-order valence-corrected chi connectivity index (χ3v) is 3.90. The molecule has 0 saturated carbocycles. The summed E-state index contributed by atoms with van der Waals surface area (Å²) in [4.78, 5) is 37.6. The number of β-amino-alcohol motifs (C(OH)–C–C–N with tert-alkyl or cyclic N) is 1. The highest BCUT2D eigenvalue weighted by molar-refractivity contribution is 5.84. The first-order valence-corrected chi connectivity index (χ1v) is 7.22. The number of carbonyl (C=O) groups excluding carboxylic acids is 2. The van der Waals surface area contributed by atoms with Gasteiger partial charge in [0.1, 0.15) is 6.04 Å². The number of aliphatic hydroxyl groups excluding tert-OH is 1. The molecule has 0 aromatic carbocycles. The van der Waals surface area contributed by atoms with Gasteiger partial charge in [-0.05, 0) is 12.8 Å². The van der Waals surface area contributed by atoms with Gasteiger partial charge < -0.3 is 25.3 Å². The molecule has 0 unspecified atom stereocenters. The lowest BCUT2D eigenvalue weighted by molar-refractivity contribution is -0.141. The van der Waals surface area contributed by atoms with E-state index >= 15 is 0 Å². The summed E-state index contributed by atoms with van der Waals surface area (Å²) in [6.45, 7) is 1.72. The quantitative estimate of drug-likeness (QED) is 0.631. The van der Waals surface area contributed by atoms with Crippen molar-refractivity contribution in [2.45, 2.75) is 37.8 Å². The van der Waals surface area contributed by atoms with E-state index < -0.39 is 24.1 Å². The summed E-state index contributed by atoms with van der Waals surface area (Å²) >= 11 is 0. The van der Waals surface area contributed by atoms with Crippen LogP contribution in [0.1, 0.15) is 25.7 Å². The number of amides is 3. The van der Waals surface area contributed by atoms with Gasteiger partial charge in [-0.1, -0.05) is 0 Å². The van der Waals surface area contributed by atoms with E-state index in [1.54, 1.807) is 4.90 Å². The molecule has 0 bridgehead atoms. The fourth-order valence-electron chi connectivity index (χ4n) is 2.77. The molecule has 2 atom stereocenters. The smallest absolute Gasteiger partial charge is 0.326 e. The summed E-state index contributed by atoms with van der Waals surface area (Å²) in [5, 5.41) is 21.0. The van der Waals surface area contributed by atoms with Crippen LogP contribution in [0.15, 0.2) is 0 Å². The van der Waals surface area contributed by atoms with Crippen LogP contribution in [0.4, 0.5) is 4.79 Å². The third kappa shape index (κ3) is 3.84. The number of nitrogens with zero attached hydrogens (tertiary/aromatic N) is 2. The average Bonchev–Trinajstić information content (AvgIpc) is 3.07. The molecule has 0 aromatic rings. The number of nitrogens with one attached hydrogen (secondary N) is 1. The minimum Gasteiger partial charge on any atom is -0.480 e. The Morgan fingerprint density at radius 3 is 2.48 bits per heavy atom. The molecular formula is C13H21N3O5. The topological polar surface area (TPSA) is 110 Å². The maximum absolute atomic E-state index is 11.9. The van der Waals surface area contributed by atoms with Gasteiger partial charge in [0.15, 0.2) is 0 Å². The Labute approximate surface area is 122 Å². The standard InChI is InChI=1S/C13H21N3O5/c17-9-7-10(12(19)20)16(8-9)13(21)14-4-3-11(18)15-5-1-2-6-15/h9-10,17H,1-8H2,(H,14,21)(H,19,20)/t9-,10-/m1/s1. The van der Waals surface area contributed by atoms with Crippen molar-refractivity contribution in [3.63, 3.8) is 0 Å². The first-order valence-electron chi connectivity index (χ1n) is 7.22. The van der Waals surface area contributed by atoms with E-state index in [2.05, 4.69) is 5.32 Å². The van der Waals surface area contributed by atoms with Crippen LogP contribution in [0, 0.1) is 0 Å². The maximum atomic E-state index is 11.9. The summed E-state index contributed by atoms with van der Waals surface area (Å²) in [7, 11) is 0. The van der Waals surface area contributed by atoms with E-state index in [0.717, 1.165) is 30.8 Å². The van der Waals surface area contributed by atoms with Gasteiger partial charge in [0.2, 0.25) is 5.91 Å². The number of carbonyl (C=O) groups is 3. The van der Waals surface area contributed by atoms with Crippen LogP contribution in [0.2, 0.25) is 0 Å². The van der Waals surface area contributed by atoms with E-state index in [1.165, 1.54) is 0 Å². The maximum Gasteiger partial charge on any atom is 0.326 e. The molecule has 2 aliphatic heterocycles. The van der Waals surface area contributed by atoms with Gasteiger partial charge in [0.05, 0.1) is 6.10 Å². The Morgan fingerprint density at radius 2 is 1.86 bits per heavy atom. The lowest BCUT2D eigenvalue weighted by Gasteiger charge is -2.22. The van der Waals surface area contributed by atoms with Gasteiger partial charge in [-0.25, -0.2) is 9.59 Å². The molecule has 8 nitrogen and oxygen atoms in total. The molecule has 0 aromatic heterocycles. The fourth-order valence-corrected chi connectivity index (χ4v) is 2.77. The van der Waals surface area contributed by atoms with Gasteiger partial charge in [-0.2, -0.15) is 0 Å². The van der Waals surface area contributed by atoms with Crippen molar-refractivity contribution in [3.8, 4) is 0 Å². The van der Waals surface area contributed by atoms with E-state index in [1.807, 2.05) is 0 Å². The van der Waals surface area contributed by atoms with Crippen LogP contribution in [0.3, 0.4) is 0 Å². The Balaban J connectivity index is 1.76. The van der Waals surface area contributed by atoms with Crippen molar-refractivity contribution in [1.29, 1.82) is 0 Å². The normalized spacial score (nSPS) is 25.2. The van der Waals surface area contributed by atoms with Crippen molar-refractivity contribution in [2.24, 2.45) is 0 Å². The molecule has 2 saturated heterocycles. The predicted molar refractivity (Wildman–Crippen MR) is 72.6 cm³/mol. The first kappa shape index (κ1) is 15.6. The Morgan fingerprint density at radius 1 is 1.19 bits per heavy atom. The number of urea groups is 1. The number of carboxylic acids is 1. The molecule has 2 aliphatic rings. The number of rotatable bonds is 4. The van der Waals surface area contributed by atoms with Crippen LogP contribution in [0.25, 0.3) is 0 Å². The largest absolute Gasteiger partial charge is 0.480 e. The van der Waals surface area contributed by atoms with E-state index in [0.29, 0.717) is 0 Å². The summed E-state index contributed by atoms with van der Waals surface area (Å²) in [6, 6.07) is -1.55. The van der Waals surface area contributed by atoms with Crippen molar-refractivity contribution in [1.82, 2.24) is 15.1 Å². The second kappa shape index (κ2) is 6.75. The van der Waals surface area contributed by atoms with Gasteiger partial charge in [0, 0.05) is 39.0 Å². The highest BCUT2D eigenvalue weighted by atomic mass is 16.4. The molecular weight excluding hydrogens is 278 g/mol. The Hall–Kier alpha value is -1.83. The van der Waals surface area contributed by atoms with Crippen molar-refractivity contribution >= 4 is 17.9 Å². The van der Waals surface area contributed by atoms with Gasteiger partial charge in [-0.3, -0.25) is 4.79 Å².